The lowest BCUT2D eigenvalue weighted by Crippen LogP contribution is -2.29. The maximum atomic E-state index is 6.32. The minimum absolute atomic E-state index is 0.391. The third-order valence-electron chi connectivity index (χ3n) is 3.86. The van der Waals surface area contributed by atoms with Crippen molar-refractivity contribution in [3.8, 4) is 5.75 Å². The molecule has 1 aromatic carbocycles. The van der Waals surface area contributed by atoms with Gasteiger partial charge in [-0.3, -0.25) is 0 Å². The Labute approximate surface area is 119 Å². The number of alkyl halides is 1. The molecule has 1 aromatic rings. The Balaban J connectivity index is 2.13. The summed E-state index contributed by atoms with van der Waals surface area (Å²) in [5.74, 6) is 2.67. The van der Waals surface area contributed by atoms with Crippen LogP contribution in [0.2, 0.25) is 0 Å². The predicted octanol–water partition coefficient (Wildman–Crippen LogP) is 5.09. The van der Waals surface area contributed by atoms with Gasteiger partial charge < -0.3 is 4.74 Å². The zero-order chi connectivity index (χ0) is 13.1. The summed E-state index contributed by atoms with van der Waals surface area (Å²) in [6.07, 6.45) is 4.13. The van der Waals surface area contributed by atoms with Crippen LogP contribution < -0.4 is 4.74 Å². The van der Waals surface area contributed by atoms with Crippen LogP contribution in [0.25, 0.3) is 0 Å². The van der Waals surface area contributed by atoms with Gasteiger partial charge in [0.1, 0.15) is 5.75 Å². The summed E-state index contributed by atoms with van der Waals surface area (Å²) in [5.41, 5.74) is 2.51. The van der Waals surface area contributed by atoms with E-state index in [1.165, 1.54) is 30.4 Å². The molecule has 0 bridgehead atoms. The van der Waals surface area contributed by atoms with Gasteiger partial charge in [-0.15, -0.1) is 0 Å². The molecule has 0 saturated heterocycles. The molecule has 1 aliphatic rings. The van der Waals surface area contributed by atoms with Crippen molar-refractivity contribution in [1.82, 2.24) is 0 Å². The summed E-state index contributed by atoms with van der Waals surface area (Å²) in [6.45, 7) is 6.82. The van der Waals surface area contributed by atoms with Crippen LogP contribution in [0.15, 0.2) is 18.2 Å². The first kappa shape index (κ1) is 13.9. The molecule has 1 fully saturated rings. The van der Waals surface area contributed by atoms with Crippen LogP contribution in [-0.2, 0) is 5.33 Å². The van der Waals surface area contributed by atoms with Crippen molar-refractivity contribution in [3.63, 3.8) is 0 Å². The number of ether oxygens (including phenoxy) is 1. The summed E-state index contributed by atoms with van der Waals surface area (Å²) in [5, 5.41) is 0.863. The van der Waals surface area contributed by atoms with E-state index in [2.05, 4.69) is 54.9 Å². The van der Waals surface area contributed by atoms with Crippen LogP contribution in [0.3, 0.4) is 0 Å². The molecule has 0 aromatic heterocycles. The van der Waals surface area contributed by atoms with Crippen molar-refractivity contribution in [2.75, 3.05) is 0 Å². The van der Waals surface area contributed by atoms with Crippen LogP contribution in [0, 0.1) is 18.8 Å². The van der Waals surface area contributed by atoms with Crippen molar-refractivity contribution in [2.45, 2.75) is 51.5 Å². The molecule has 0 N–H and O–H groups in total. The quantitative estimate of drug-likeness (QED) is 0.706. The van der Waals surface area contributed by atoms with Gasteiger partial charge in [0.2, 0.25) is 0 Å². The number of hydrogen-bond acceptors (Lipinski definition) is 1. The second-order valence-electron chi connectivity index (χ2n) is 5.85. The van der Waals surface area contributed by atoms with Gasteiger partial charge in [0.25, 0.3) is 0 Å². The smallest absolute Gasteiger partial charge is 0.126 e. The predicted molar refractivity (Wildman–Crippen MR) is 80.4 cm³/mol. The maximum absolute atomic E-state index is 6.32. The summed E-state index contributed by atoms with van der Waals surface area (Å²) in [4.78, 5) is 0. The van der Waals surface area contributed by atoms with Crippen LogP contribution in [0.5, 0.6) is 5.75 Å². The molecule has 2 atom stereocenters. The van der Waals surface area contributed by atoms with Crippen LogP contribution >= 0.6 is 15.9 Å². The standard InChI is InChI=1S/C16H23BrO/c1-11-7-12(2)9-15(8-11)18-16-13(3)5-4-6-14(16)10-17/h4-6,11-12,15H,7-10H2,1-3H3. The first-order chi connectivity index (χ1) is 8.60. The van der Waals surface area contributed by atoms with Gasteiger partial charge in [0, 0.05) is 10.9 Å². The van der Waals surface area contributed by atoms with E-state index in [0.29, 0.717) is 6.10 Å². The molecular formula is C16H23BrO. The molecule has 1 nitrogen and oxygen atoms in total. The first-order valence-corrected chi connectivity index (χ1v) is 8.03. The first-order valence-electron chi connectivity index (χ1n) is 6.91. The number of benzene rings is 1. The van der Waals surface area contributed by atoms with Gasteiger partial charge in [-0.05, 0) is 43.6 Å². The molecule has 0 amide bonds. The SMILES string of the molecule is Cc1cccc(CBr)c1OC1CC(C)CC(C)C1. The lowest BCUT2D eigenvalue weighted by molar-refractivity contribution is 0.0996. The van der Waals surface area contributed by atoms with E-state index < -0.39 is 0 Å². The average molecular weight is 311 g/mol. The van der Waals surface area contributed by atoms with E-state index >= 15 is 0 Å². The van der Waals surface area contributed by atoms with Crippen molar-refractivity contribution < 1.29 is 4.74 Å². The Morgan fingerprint density at radius 2 is 1.83 bits per heavy atom. The highest BCUT2D eigenvalue weighted by atomic mass is 79.9. The molecule has 1 saturated carbocycles. The number of para-hydroxylation sites is 1. The summed E-state index contributed by atoms with van der Waals surface area (Å²) < 4.78 is 6.32. The molecular weight excluding hydrogens is 288 g/mol. The lowest BCUT2D eigenvalue weighted by Gasteiger charge is -2.32. The Morgan fingerprint density at radius 1 is 1.17 bits per heavy atom. The van der Waals surface area contributed by atoms with Crippen molar-refractivity contribution in [2.24, 2.45) is 11.8 Å². The molecule has 0 spiro atoms. The third kappa shape index (κ3) is 3.28. The minimum atomic E-state index is 0.391. The normalized spacial score (nSPS) is 28.1. The Hall–Kier alpha value is -0.500. The van der Waals surface area contributed by atoms with E-state index in [1.54, 1.807) is 0 Å². The summed E-state index contributed by atoms with van der Waals surface area (Å²) in [6, 6.07) is 6.38. The number of hydrogen-bond donors (Lipinski definition) is 0. The van der Waals surface area contributed by atoms with Crippen LogP contribution in [-0.4, -0.2) is 6.10 Å². The fraction of sp³-hybridized carbons (Fsp3) is 0.625. The van der Waals surface area contributed by atoms with Gasteiger partial charge in [-0.25, -0.2) is 0 Å². The van der Waals surface area contributed by atoms with Gasteiger partial charge >= 0.3 is 0 Å². The second-order valence-corrected chi connectivity index (χ2v) is 6.41. The van der Waals surface area contributed by atoms with Crippen molar-refractivity contribution in [3.05, 3.63) is 29.3 Å². The zero-order valence-electron chi connectivity index (χ0n) is 11.6. The number of rotatable bonds is 3. The van der Waals surface area contributed by atoms with E-state index in [1.807, 2.05) is 0 Å². The minimum Gasteiger partial charge on any atom is -0.490 e. The maximum Gasteiger partial charge on any atom is 0.126 e. The zero-order valence-corrected chi connectivity index (χ0v) is 13.2. The third-order valence-corrected chi connectivity index (χ3v) is 4.46. The lowest BCUT2D eigenvalue weighted by atomic mass is 9.82. The van der Waals surface area contributed by atoms with Crippen LogP contribution in [0.4, 0.5) is 0 Å². The molecule has 100 valence electrons. The number of halogens is 1. The summed E-state index contributed by atoms with van der Waals surface area (Å²) in [7, 11) is 0. The Morgan fingerprint density at radius 3 is 2.44 bits per heavy atom. The average Bonchev–Trinajstić information content (AvgIpc) is 2.30. The molecule has 2 unspecified atom stereocenters. The molecule has 0 heterocycles. The van der Waals surface area contributed by atoms with E-state index in [0.717, 1.165) is 22.9 Å². The highest BCUT2D eigenvalue weighted by Gasteiger charge is 2.26. The molecule has 1 aliphatic carbocycles. The molecule has 2 heteroatoms. The van der Waals surface area contributed by atoms with Gasteiger partial charge in [0.15, 0.2) is 0 Å². The monoisotopic (exact) mass is 310 g/mol. The topological polar surface area (TPSA) is 9.23 Å². The van der Waals surface area contributed by atoms with Crippen LogP contribution in [0.1, 0.15) is 44.2 Å². The Bertz CT molecular complexity index is 392. The van der Waals surface area contributed by atoms with E-state index in [-0.39, 0.29) is 0 Å². The fourth-order valence-electron chi connectivity index (χ4n) is 3.12. The largest absolute Gasteiger partial charge is 0.490 e. The van der Waals surface area contributed by atoms with E-state index in [4.69, 9.17) is 4.74 Å². The molecule has 2 rings (SSSR count). The molecule has 18 heavy (non-hydrogen) atoms. The summed E-state index contributed by atoms with van der Waals surface area (Å²) >= 11 is 3.55. The van der Waals surface area contributed by atoms with Crippen molar-refractivity contribution in [1.29, 1.82) is 0 Å². The highest BCUT2D eigenvalue weighted by Crippen LogP contribution is 2.34. The fourth-order valence-corrected chi connectivity index (χ4v) is 3.56. The molecule has 0 aliphatic heterocycles. The Kier molecular flexibility index (Phi) is 4.71. The van der Waals surface area contributed by atoms with Gasteiger partial charge in [0.05, 0.1) is 6.10 Å². The second kappa shape index (κ2) is 6.10. The number of aryl methyl sites for hydroxylation is 1. The van der Waals surface area contributed by atoms with E-state index in [9.17, 15) is 0 Å². The van der Waals surface area contributed by atoms with Gasteiger partial charge in [-0.1, -0.05) is 48.0 Å². The molecule has 0 radical (unpaired) electrons. The van der Waals surface area contributed by atoms with Gasteiger partial charge in [-0.2, -0.15) is 0 Å². The van der Waals surface area contributed by atoms with Crippen molar-refractivity contribution >= 4 is 15.9 Å². The highest BCUT2D eigenvalue weighted by molar-refractivity contribution is 9.08.